The number of hydrogen-bond donors (Lipinski definition) is 0. The Hall–Kier alpha value is -2.25. The highest BCUT2D eigenvalue weighted by Crippen LogP contribution is 2.34. The number of likely N-dealkylation sites (tertiary alicyclic amines) is 1. The van der Waals surface area contributed by atoms with Crippen molar-refractivity contribution in [2.75, 3.05) is 13.7 Å². The van der Waals surface area contributed by atoms with Gasteiger partial charge in [0.2, 0.25) is 0 Å². The van der Waals surface area contributed by atoms with E-state index in [0.29, 0.717) is 0 Å². The first kappa shape index (κ1) is 16.2. The molecule has 1 saturated heterocycles. The van der Waals surface area contributed by atoms with Crippen molar-refractivity contribution in [2.45, 2.75) is 38.6 Å². The first-order valence-corrected chi connectivity index (χ1v) is 8.76. The maximum Gasteiger partial charge on any atom is 0.150 e. The normalized spacial score (nSPS) is 21.4. The molecule has 1 aliphatic rings. The maximum absolute atomic E-state index is 5.64. The van der Waals surface area contributed by atoms with E-state index in [1.807, 2.05) is 11.6 Å². The number of para-hydroxylation sites is 1. The lowest BCUT2D eigenvalue weighted by Gasteiger charge is -2.22. The van der Waals surface area contributed by atoms with Gasteiger partial charge in [0, 0.05) is 39.2 Å². The van der Waals surface area contributed by atoms with Crippen LogP contribution in [0.1, 0.15) is 30.9 Å². The van der Waals surface area contributed by atoms with E-state index in [1.54, 1.807) is 13.4 Å². The molecule has 1 aromatic carbocycles. The van der Waals surface area contributed by atoms with Gasteiger partial charge in [-0.2, -0.15) is 5.10 Å². The highest BCUT2D eigenvalue weighted by atomic mass is 16.5. The lowest BCUT2D eigenvalue weighted by molar-refractivity contribution is 0.107. The molecule has 7 heteroatoms. The molecule has 0 unspecified atom stereocenters. The average Bonchev–Trinajstić information content (AvgIpc) is 3.32. The second-order valence-electron chi connectivity index (χ2n) is 6.62. The summed E-state index contributed by atoms with van der Waals surface area (Å²) in [6.07, 6.45) is 2.89. The van der Waals surface area contributed by atoms with Gasteiger partial charge < -0.3 is 9.30 Å². The summed E-state index contributed by atoms with van der Waals surface area (Å²) in [5.74, 6) is 0.985. The van der Waals surface area contributed by atoms with Gasteiger partial charge in [-0.05, 0) is 19.4 Å². The van der Waals surface area contributed by atoms with Crippen LogP contribution in [0.5, 0.6) is 0 Å². The number of hydrogen-bond acceptors (Lipinski definition) is 5. The summed E-state index contributed by atoms with van der Waals surface area (Å²) in [6.45, 7) is 4.66. The van der Waals surface area contributed by atoms with Crippen LogP contribution in [0.4, 0.5) is 0 Å². The highest BCUT2D eigenvalue weighted by Gasteiger charge is 2.36. The van der Waals surface area contributed by atoms with Crippen LogP contribution in [0.3, 0.4) is 0 Å². The van der Waals surface area contributed by atoms with Gasteiger partial charge in [0.05, 0.1) is 23.4 Å². The van der Waals surface area contributed by atoms with Crippen molar-refractivity contribution in [3.63, 3.8) is 0 Å². The van der Waals surface area contributed by atoms with Crippen LogP contribution in [0, 0.1) is 0 Å². The molecule has 25 heavy (non-hydrogen) atoms. The van der Waals surface area contributed by atoms with E-state index in [1.165, 1.54) is 10.9 Å². The summed E-state index contributed by atoms with van der Waals surface area (Å²) in [6, 6.07) is 8.64. The number of nitrogens with zero attached hydrogens (tertiary/aromatic N) is 6. The number of methoxy groups -OCH3 is 1. The lowest BCUT2D eigenvalue weighted by atomic mass is 10.1. The summed E-state index contributed by atoms with van der Waals surface area (Å²) in [5, 5.41) is 14.5. The maximum atomic E-state index is 5.64. The summed E-state index contributed by atoms with van der Waals surface area (Å²) < 4.78 is 9.71. The third-order valence-corrected chi connectivity index (χ3v) is 5.13. The largest absolute Gasteiger partial charge is 0.380 e. The minimum atomic E-state index is 0.197. The van der Waals surface area contributed by atoms with Crippen molar-refractivity contribution >= 4 is 10.9 Å². The van der Waals surface area contributed by atoms with Crippen LogP contribution in [0.2, 0.25) is 0 Å². The van der Waals surface area contributed by atoms with Gasteiger partial charge in [-0.1, -0.05) is 18.2 Å². The Kier molecular flexibility index (Phi) is 4.27. The van der Waals surface area contributed by atoms with Crippen molar-refractivity contribution in [1.82, 2.24) is 29.4 Å². The van der Waals surface area contributed by atoms with Crippen molar-refractivity contribution in [2.24, 2.45) is 7.05 Å². The predicted octanol–water partition coefficient (Wildman–Crippen LogP) is 2.15. The Morgan fingerprint density at radius 1 is 1.28 bits per heavy atom. The first-order valence-electron chi connectivity index (χ1n) is 8.76. The number of ether oxygens (including phenoxy) is 1. The molecule has 0 amide bonds. The quantitative estimate of drug-likeness (QED) is 0.712. The lowest BCUT2D eigenvalue weighted by Crippen LogP contribution is -2.26. The van der Waals surface area contributed by atoms with Crippen LogP contribution in [0.25, 0.3) is 10.9 Å². The molecule has 2 aromatic heterocycles. The first-order chi connectivity index (χ1) is 12.2. The standard InChI is InChI=1S/C18H24N6O/c1-4-24-16-8-6-5-7-14(16)15(21-24)11-23-10-13(25-3)9-17(23)18-20-19-12-22(18)2/h5-8,12-13,17H,4,9-11H2,1-3H3/t13-,17+/m1/s1. The summed E-state index contributed by atoms with van der Waals surface area (Å²) in [7, 11) is 3.78. The van der Waals surface area contributed by atoms with E-state index in [2.05, 4.69) is 51.0 Å². The Balaban J connectivity index is 1.68. The average molecular weight is 340 g/mol. The third kappa shape index (κ3) is 2.83. The molecule has 0 bridgehead atoms. The molecule has 0 radical (unpaired) electrons. The van der Waals surface area contributed by atoms with Gasteiger partial charge in [0.25, 0.3) is 0 Å². The van der Waals surface area contributed by atoms with Crippen LogP contribution in [0.15, 0.2) is 30.6 Å². The topological polar surface area (TPSA) is 61.0 Å². The molecule has 3 heterocycles. The van der Waals surface area contributed by atoms with Crippen LogP contribution in [-0.2, 0) is 24.9 Å². The van der Waals surface area contributed by atoms with Crippen LogP contribution < -0.4 is 0 Å². The molecule has 7 nitrogen and oxygen atoms in total. The molecule has 2 atom stereocenters. The van der Waals surface area contributed by atoms with Gasteiger partial charge in [0.15, 0.2) is 0 Å². The molecule has 1 aliphatic heterocycles. The van der Waals surface area contributed by atoms with E-state index in [-0.39, 0.29) is 12.1 Å². The van der Waals surface area contributed by atoms with Gasteiger partial charge in [-0.3, -0.25) is 9.58 Å². The van der Waals surface area contributed by atoms with Crippen LogP contribution in [-0.4, -0.2) is 49.2 Å². The Morgan fingerprint density at radius 3 is 2.84 bits per heavy atom. The molecule has 0 saturated carbocycles. The SMILES string of the molecule is CCn1nc(CN2C[C@H](OC)C[C@H]2c2nncn2C)c2ccccc21. The monoisotopic (exact) mass is 340 g/mol. The zero-order valence-electron chi connectivity index (χ0n) is 15.0. The minimum Gasteiger partial charge on any atom is -0.380 e. The van der Waals surface area contributed by atoms with E-state index in [4.69, 9.17) is 9.84 Å². The predicted molar refractivity (Wildman–Crippen MR) is 95.0 cm³/mol. The second-order valence-corrected chi connectivity index (χ2v) is 6.62. The Bertz CT molecular complexity index is 869. The summed E-state index contributed by atoms with van der Waals surface area (Å²) >= 11 is 0. The number of fused-ring (bicyclic) bond motifs is 1. The second kappa shape index (κ2) is 6.57. The molecular weight excluding hydrogens is 316 g/mol. The van der Waals surface area contributed by atoms with E-state index in [0.717, 1.165) is 37.6 Å². The van der Waals surface area contributed by atoms with Crippen LogP contribution >= 0.6 is 0 Å². The molecule has 4 rings (SSSR count). The number of rotatable bonds is 5. The highest BCUT2D eigenvalue weighted by molar-refractivity contribution is 5.81. The fourth-order valence-electron chi connectivity index (χ4n) is 3.82. The molecule has 1 fully saturated rings. The molecule has 0 N–H and O–H groups in total. The van der Waals surface area contributed by atoms with Crippen molar-refractivity contribution in [3.8, 4) is 0 Å². The molecule has 0 aliphatic carbocycles. The fraction of sp³-hybridized carbons (Fsp3) is 0.500. The van der Waals surface area contributed by atoms with Gasteiger partial charge in [0.1, 0.15) is 12.2 Å². The Morgan fingerprint density at radius 2 is 2.12 bits per heavy atom. The van der Waals surface area contributed by atoms with Crippen molar-refractivity contribution in [1.29, 1.82) is 0 Å². The summed E-state index contributed by atoms with van der Waals surface area (Å²) in [5.41, 5.74) is 2.30. The summed E-state index contributed by atoms with van der Waals surface area (Å²) in [4.78, 5) is 2.41. The minimum absolute atomic E-state index is 0.197. The van der Waals surface area contributed by atoms with Gasteiger partial charge >= 0.3 is 0 Å². The number of aromatic nitrogens is 5. The Labute approximate surface area is 147 Å². The van der Waals surface area contributed by atoms with E-state index >= 15 is 0 Å². The molecule has 0 spiro atoms. The van der Waals surface area contributed by atoms with E-state index < -0.39 is 0 Å². The van der Waals surface area contributed by atoms with Crippen molar-refractivity contribution < 1.29 is 4.74 Å². The smallest absolute Gasteiger partial charge is 0.150 e. The molecule has 3 aromatic rings. The van der Waals surface area contributed by atoms with E-state index in [9.17, 15) is 0 Å². The van der Waals surface area contributed by atoms with Crippen molar-refractivity contribution in [3.05, 3.63) is 42.1 Å². The van der Waals surface area contributed by atoms with Gasteiger partial charge in [-0.15, -0.1) is 10.2 Å². The zero-order valence-corrected chi connectivity index (χ0v) is 15.0. The van der Waals surface area contributed by atoms with Gasteiger partial charge in [-0.25, -0.2) is 0 Å². The number of benzene rings is 1. The zero-order chi connectivity index (χ0) is 17.4. The number of aryl methyl sites for hydroxylation is 2. The fourth-order valence-corrected chi connectivity index (χ4v) is 3.82. The molecule has 132 valence electrons. The molecular formula is C18H24N6O. The third-order valence-electron chi connectivity index (χ3n) is 5.13.